The van der Waals surface area contributed by atoms with Crippen LogP contribution < -0.4 is 14.8 Å². The van der Waals surface area contributed by atoms with E-state index in [1.807, 2.05) is 6.92 Å². The fraction of sp³-hybridized carbons (Fsp3) is 0.316. The van der Waals surface area contributed by atoms with Gasteiger partial charge in [0.25, 0.3) is 0 Å². The molecule has 7 heteroatoms. The maximum atomic E-state index is 12.8. The largest absolute Gasteiger partial charge is 0.495 e. The highest BCUT2D eigenvalue weighted by Crippen LogP contribution is 2.24. The Bertz CT molecular complexity index is 900. The van der Waals surface area contributed by atoms with Crippen molar-refractivity contribution in [2.24, 2.45) is 0 Å². The molecule has 1 amide bonds. The standard InChI is InChI=1S/C19H24N2O4S/c1-12-10-13(2)18(14(3)11-12)26(23,24)21-15(4)19(22)20-16-8-6-7-9-17(16)25-5/h6-11,15,21H,1-5H3,(H,20,22). The van der Waals surface area contributed by atoms with E-state index >= 15 is 0 Å². The summed E-state index contributed by atoms with van der Waals surface area (Å²) in [5.74, 6) is 0.0293. The van der Waals surface area contributed by atoms with Crippen molar-refractivity contribution >= 4 is 21.6 Å². The van der Waals surface area contributed by atoms with Crippen LogP contribution in [0.25, 0.3) is 0 Å². The quantitative estimate of drug-likeness (QED) is 0.812. The number of amides is 1. The van der Waals surface area contributed by atoms with Crippen LogP contribution in [-0.2, 0) is 14.8 Å². The fourth-order valence-corrected chi connectivity index (χ4v) is 4.58. The first-order valence-corrected chi connectivity index (χ1v) is 9.68. The minimum atomic E-state index is -3.83. The summed E-state index contributed by atoms with van der Waals surface area (Å²) in [6, 6.07) is 9.60. The number of anilines is 1. The number of carbonyl (C=O) groups is 1. The molecule has 0 bridgehead atoms. The Balaban J connectivity index is 2.20. The van der Waals surface area contributed by atoms with Crippen LogP contribution in [0, 0.1) is 20.8 Å². The Morgan fingerprint density at radius 3 is 2.23 bits per heavy atom. The van der Waals surface area contributed by atoms with Gasteiger partial charge in [0, 0.05) is 0 Å². The van der Waals surface area contributed by atoms with Gasteiger partial charge in [0.05, 0.1) is 23.7 Å². The van der Waals surface area contributed by atoms with Crippen molar-refractivity contribution in [1.82, 2.24) is 4.72 Å². The highest BCUT2D eigenvalue weighted by atomic mass is 32.2. The Kier molecular flexibility index (Phi) is 6.05. The predicted octanol–water partition coefficient (Wildman–Crippen LogP) is 2.93. The number of hydrogen-bond acceptors (Lipinski definition) is 4. The molecule has 0 aliphatic carbocycles. The van der Waals surface area contributed by atoms with Crippen molar-refractivity contribution in [3.63, 3.8) is 0 Å². The number of rotatable bonds is 6. The van der Waals surface area contributed by atoms with Crippen molar-refractivity contribution in [3.8, 4) is 5.75 Å². The van der Waals surface area contributed by atoms with Crippen LogP contribution in [0.2, 0.25) is 0 Å². The van der Waals surface area contributed by atoms with Gasteiger partial charge in [-0.2, -0.15) is 4.72 Å². The molecule has 2 aromatic carbocycles. The number of ether oxygens (including phenoxy) is 1. The van der Waals surface area contributed by atoms with E-state index in [1.165, 1.54) is 14.0 Å². The van der Waals surface area contributed by atoms with Crippen molar-refractivity contribution in [3.05, 3.63) is 53.1 Å². The lowest BCUT2D eigenvalue weighted by molar-refractivity contribution is -0.117. The fourth-order valence-electron chi connectivity index (χ4n) is 2.92. The Morgan fingerprint density at radius 1 is 1.08 bits per heavy atom. The van der Waals surface area contributed by atoms with Gasteiger partial charge in [0.2, 0.25) is 15.9 Å². The highest BCUT2D eigenvalue weighted by Gasteiger charge is 2.25. The van der Waals surface area contributed by atoms with E-state index in [2.05, 4.69) is 10.0 Å². The van der Waals surface area contributed by atoms with Gasteiger partial charge in [-0.15, -0.1) is 0 Å². The van der Waals surface area contributed by atoms with Gasteiger partial charge in [-0.1, -0.05) is 29.8 Å². The Morgan fingerprint density at radius 2 is 1.65 bits per heavy atom. The van der Waals surface area contributed by atoms with Crippen molar-refractivity contribution in [2.75, 3.05) is 12.4 Å². The van der Waals surface area contributed by atoms with Gasteiger partial charge in [-0.25, -0.2) is 8.42 Å². The topological polar surface area (TPSA) is 84.5 Å². The third-order valence-corrected chi connectivity index (χ3v) is 5.81. The first-order chi connectivity index (χ1) is 12.2. The van der Waals surface area contributed by atoms with E-state index in [4.69, 9.17) is 4.74 Å². The summed E-state index contributed by atoms with van der Waals surface area (Å²) in [7, 11) is -2.33. The van der Waals surface area contributed by atoms with Crippen molar-refractivity contribution in [2.45, 2.75) is 38.6 Å². The van der Waals surface area contributed by atoms with Crippen LogP contribution in [0.5, 0.6) is 5.75 Å². The second-order valence-electron chi connectivity index (χ2n) is 6.26. The van der Waals surface area contributed by atoms with E-state index in [0.29, 0.717) is 22.6 Å². The zero-order valence-electron chi connectivity index (χ0n) is 15.6. The molecule has 2 aromatic rings. The summed E-state index contributed by atoms with van der Waals surface area (Å²) in [4.78, 5) is 12.6. The van der Waals surface area contributed by atoms with E-state index < -0.39 is 22.0 Å². The lowest BCUT2D eigenvalue weighted by atomic mass is 10.1. The molecule has 0 fully saturated rings. The molecule has 0 radical (unpaired) electrons. The van der Waals surface area contributed by atoms with Crippen LogP contribution in [0.1, 0.15) is 23.6 Å². The SMILES string of the molecule is COc1ccccc1NC(=O)C(C)NS(=O)(=O)c1c(C)cc(C)cc1C. The van der Waals surface area contributed by atoms with E-state index in [9.17, 15) is 13.2 Å². The monoisotopic (exact) mass is 376 g/mol. The van der Waals surface area contributed by atoms with Crippen LogP contribution in [0.15, 0.2) is 41.3 Å². The Labute approximate surface area is 154 Å². The molecule has 26 heavy (non-hydrogen) atoms. The summed E-state index contributed by atoms with van der Waals surface area (Å²) in [5, 5.41) is 2.68. The van der Waals surface area contributed by atoms with Gasteiger partial charge < -0.3 is 10.1 Å². The molecule has 0 aromatic heterocycles. The minimum Gasteiger partial charge on any atom is -0.495 e. The summed E-state index contributed by atoms with van der Waals surface area (Å²) in [6.45, 7) is 6.90. The number of sulfonamides is 1. The Hall–Kier alpha value is -2.38. The van der Waals surface area contributed by atoms with Crippen LogP contribution >= 0.6 is 0 Å². The molecule has 2 N–H and O–H groups in total. The second-order valence-corrected chi connectivity index (χ2v) is 7.91. The van der Waals surface area contributed by atoms with E-state index in [0.717, 1.165) is 5.56 Å². The lowest BCUT2D eigenvalue weighted by Gasteiger charge is -2.18. The first-order valence-electron chi connectivity index (χ1n) is 8.19. The number of hydrogen-bond donors (Lipinski definition) is 2. The van der Waals surface area contributed by atoms with E-state index in [1.54, 1.807) is 50.2 Å². The number of aryl methyl sites for hydroxylation is 3. The van der Waals surface area contributed by atoms with Crippen molar-refractivity contribution in [1.29, 1.82) is 0 Å². The number of nitrogens with one attached hydrogen (secondary N) is 2. The molecule has 0 heterocycles. The molecule has 0 saturated heterocycles. The minimum absolute atomic E-state index is 0.208. The van der Waals surface area contributed by atoms with Gasteiger partial charge in [-0.3, -0.25) is 4.79 Å². The third-order valence-electron chi connectivity index (χ3n) is 3.96. The van der Waals surface area contributed by atoms with Crippen LogP contribution in [0.3, 0.4) is 0 Å². The van der Waals surface area contributed by atoms with Gasteiger partial charge >= 0.3 is 0 Å². The van der Waals surface area contributed by atoms with Gasteiger partial charge in [-0.05, 0) is 51.0 Å². The lowest BCUT2D eigenvalue weighted by Crippen LogP contribution is -2.42. The zero-order chi connectivity index (χ0) is 19.5. The maximum absolute atomic E-state index is 12.8. The molecule has 0 aliphatic rings. The predicted molar refractivity (Wildman–Crippen MR) is 102 cm³/mol. The number of methoxy groups -OCH3 is 1. The average Bonchev–Trinajstić information content (AvgIpc) is 2.53. The normalized spacial score (nSPS) is 12.5. The van der Waals surface area contributed by atoms with Crippen LogP contribution in [-0.4, -0.2) is 27.5 Å². The molecular weight excluding hydrogens is 352 g/mol. The zero-order valence-corrected chi connectivity index (χ0v) is 16.4. The number of carbonyl (C=O) groups excluding carboxylic acids is 1. The third kappa shape index (κ3) is 4.42. The summed E-state index contributed by atoms with van der Waals surface area (Å²) in [6.07, 6.45) is 0. The average molecular weight is 376 g/mol. The molecule has 0 spiro atoms. The molecule has 0 saturated carbocycles. The number of para-hydroxylation sites is 2. The summed E-state index contributed by atoms with van der Waals surface area (Å²) >= 11 is 0. The number of benzene rings is 2. The molecule has 1 atom stereocenters. The summed E-state index contributed by atoms with van der Waals surface area (Å²) in [5.41, 5.74) is 2.76. The molecule has 0 aliphatic heterocycles. The summed E-state index contributed by atoms with van der Waals surface area (Å²) < 4.78 is 33.2. The van der Waals surface area contributed by atoms with Gasteiger partial charge in [0.15, 0.2) is 0 Å². The first kappa shape index (κ1) is 19.9. The second kappa shape index (κ2) is 7.88. The van der Waals surface area contributed by atoms with Crippen molar-refractivity contribution < 1.29 is 17.9 Å². The van der Waals surface area contributed by atoms with Crippen LogP contribution in [0.4, 0.5) is 5.69 Å². The highest BCUT2D eigenvalue weighted by molar-refractivity contribution is 7.89. The molecule has 140 valence electrons. The molecule has 2 rings (SSSR count). The molecule has 1 unspecified atom stereocenters. The molecular formula is C19H24N2O4S. The molecule has 6 nitrogen and oxygen atoms in total. The smallest absolute Gasteiger partial charge is 0.242 e. The van der Waals surface area contributed by atoms with Gasteiger partial charge in [0.1, 0.15) is 5.75 Å². The van der Waals surface area contributed by atoms with E-state index in [-0.39, 0.29) is 4.90 Å². The maximum Gasteiger partial charge on any atom is 0.242 e.